The summed E-state index contributed by atoms with van der Waals surface area (Å²) in [6, 6.07) is 9.41. The van der Waals surface area contributed by atoms with Gasteiger partial charge in [0.25, 0.3) is 5.69 Å². The number of nitrogens with zero attached hydrogens (tertiary/aromatic N) is 2. The largest absolute Gasteiger partial charge is 0.352 e. The fraction of sp³-hybridized carbons (Fsp3) is 0.364. The molecular formula is C22H24ClFN4O4. The van der Waals surface area contributed by atoms with Gasteiger partial charge in [0.15, 0.2) is 0 Å². The van der Waals surface area contributed by atoms with Crippen molar-refractivity contribution in [2.45, 2.75) is 32.4 Å². The van der Waals surface area contributed by atoms with E-state index in [1.165, 1.54) is 30.3 Å². The molecule has 10 heteroatoms. The van der Waals surface area contributed by atoms with E-state index in [1.54, 1.807) is 19.1 Å². The predicted octanol–water partition coefficient (Wildman–Crippen LogP) is 3.74. The Hall–Kier alpha value is -3.04. The number of amides is 2. The fourth-order valence-corrected chi connectivity index (χ4v) is 3.83. The minimum atomic E-state index is -0.555. The van der Waals surface area contributed by atoms with Crippen molar-refractivity contribution in [3.8, 4) is 0 Å². The number of benzene rings is 2. The monoisotopic (exact) mass is 462 g/mol. The third-order valence-corrected chi connectivity index (χ3v) is 5.94. The van der Waals surface area contributed by atoms with Crippen LogP contribution in [0.2, 0.25) is 5.02 Å². The summed E-state index contributed by atoms with van der Waals surface area (Å²) in [5.74, 6) is -0.795. The first kappa shape index (κ1) is 23.6. The minimum Gasteiger partial charge on any atom is -0.352 e. The Kier molecular flexibility index (Phi) is 7.76. The smallest absolute Gasteiger partial charge is 0.271 e. The van der Waals surface area contributed by atoms with E-state index in [1.807, 2.05) is 4.90 Å². The molecule has 2 aromatic carbocycles. The molecule has 0 bridgehead atoms. The first-order valence-electron chi connectivity index (χ1n) is 10.3. The number of rotatable bonds is 7. The highest BCUT2D eigenvalue weighted by atomic mass is 35.5. The Bertz CT molecular complexity index is 994. The second-order valence-corrected chi connectivity index (χ2v) is 8.15. The highest BCUT2D eigenvalue weighted by Gasteiger charge is 2.30. The van der Waals surface area contributed by atoms with E-state index in [-0.39, 0.29) is 34.3 Å². The molecule has 2 aromatic rings. The zero-order valence-electron chi connectivity index (χ0n) is 17.5. The lowest BCUT2D eigenvalue weighted by Gasteiger charge is -2.34. The van der Waals surface area contributed by atoms with E-state index in [2.05, 4.69) is 10.6 Å². The summed E-state index contributed by atoms with van der Waals surface area (Å²) in [6.45, 7) is 3.27. The normalized spacial score (nSPS) is 15.7. The van der Waals surface area contributed by atoms with Gasteiger partial charge in [0.05, 0.1) is 21.7 Å². The van der Waals surface area contributed by atoms with E-state index in [0.29, 0.717) is 38.2 Å². The average molecular weight is 463 g/mol. The van der Waals surface area contributed by atoms with Crippen LogP contribution in [-0.2, 0) is 16.1 Å². The number of carbonyl (C=O) groups is 2. The third kappa shape index (κ3) is 6.02. The van der Waals surface area contributed by atoms with Crippen LogP contribution in [0.3, 0.4) is 0 Å². The fourth-order valence-electron chi connectivity index (χ4n) is 3.61. The van der Waals surface area contributed by atoms with Gasteiger partial charge in [-0.05, 0) is 56.6 Å². The summed E-state index contributed by atoms with van der Waals surface area (Å²) in [6.07, 6.45) is 1.23. The molecule has 1 atom stereocenters. The average Bonchev–Trinajstić information content (AvgIpc) is 2.79. The molecule has 2 N–H and O–H groups in total. The van der Waals surface area contributed by atoms with Gasteiger partial charge in [-0.3, -0.25) is 24.6 Å². The van der Waals surface area contributed by atoms with Crippen LogP contribution in [0.25, 0.3) is 0 Å². The van der Waals surface area contributed by atoms with Gasteiger partial charge >= 0.3 is 0 Å². The first-order chi connectivity index (χ1) is 15.2. The Labute approximate surface area is 189 Å². The summed E-state index contributed by atoms with van der Waals surface area (Å²) in [5.41, 5.74) is 0.984. The van der Waals surface area contributed by atoms with E-state index < -0.39 is 11.0 Å². The van der Waals surface area contributed by atoms with Gasteiger partial charge in [0, 0.05) is 24.6 Å². The molecule has 1 heterocycles. The lowest BCUT2D eigenvalue weighted by atomic mass is 9.94. The first-order valence-corrected chi connectivity index (χ1v) is 10.6. The molecule has 0 radical (unpaired) electrons. The maximum Gasteiger partial charge on any atom is 0.271 e. The molecule has 2 amide bonds. The summed E-state index contributed by atoms with van der Waals surface area (Å²) in [5, 5.41) is 16.5. The number of hydrogen-bond acceptors (Lipinski definition) is 5. The van der Waals surface area contributed by atoms with Crippen LogP contribution in [0.4, 0.5) is 15.8 Å². The number of nitro benzene ring substituents is 1. The Morgan fingerprint density at radius 3 is 2.47 bits per heavy atom. The van der Waals surface area contributed by atoms with Crippen molar-refractivity contribution in [3.63, 3.8) is 0 Å². The van der Waals surface area contributed by atoms with E-state index >= 15 is 0 Å². The van der Waals surface area contributed by atoms with Gasteiger partial charge in [0.1, 0.15) is 5.82 Å². The van der Waals surface area contributed by atoms with Gasteiger partial charge in [-0.1, -0.05) is 23.7 Å². The number of likely N-dealkylation sites (tertiary alicyclic amines) is 1. The van der Waals surface area contributed by atoms with Crippen LogP contribution in [0, 0.1) is 21.8 Å². The van der Waals surface area contributed by atoms with Gasteiger partial charge in [0.2, 0.25) is 11.8 Å². The summed E-state index contributed by atoms with van der Waals surface area (Å²) >= 11 is 6.05. The number of non-ortho nitro benzene ring substituents is 1. The number of nitrogens with one attached hydrogen (secondary N) is 2. The van der Waals surface area contributed by atoms with Crippen molar-refractivity contribution in [1.29, 1.82) is 0 Å². The van der Waals surface area contributed by atoms with Crippen LogP contribution >= 0.6 is 11.6 Å². The van der Waals surface area contributed by atoms with Crippen molar-refractivity contribution in [2.75, 3.05) is 18.4 Å². The lowest BCUT2D eigenvalue weighted by Crippen LogP contribution is -2.48. The second-order valence-electron chi connectivity index (χ2n) is 7.74. The van der Waals surface area contributed by atoms with Crippen molar-refractivity contribution < 1.29 is 18.9 Å². The zero-order valence-corrected chi connectivity index (χ0v) is 18.3. The lowest BCUT2D eigenvalue weighted by molar-refractivity contribution is -0.384. The van der Waals surface area contributed by atoms with Gasteiger partial charge in [-0.2, -0.15) is 0 Å². The van der Waals surface area contributed by atoms with Crippen molar-refractivity contribution in [1.82, 2.24) is 10.2 Å². The van der Waals surface area contributed by atoms with Crippen LogP contribution in [-0.4, -0.2) is 40.8 Å². The molecule has 32 heavy (non-hydrogen) atoms. The molecule has 1 saturated heterocycles. The maximum atomic E-state index is 13.0. The quantitative estimate of drug-likeness (QED) is 0.481. The molecule has 0 aliphatic carbocycles. The molecule has 170 valence electrons. The summed E-state index contributed by atoms with van der Waals surface area (Å²) < 4.78 is 13.0. The molecule has 8 nitrogen and oxygen atoms in total. The Morgan fingerprint density at radius 2 is 1.88 bits per heavy atom. The molecule has 0 spiro atoms. The molecular weight excluding hydrogens is 439 g/mol. The SMILES string of the molecule is CC(C(=O)Nc1ccc([N+](=O)[O-])cc1Cl)N1CCC(C(=O)NCc2ccc(F)cc2)CC1. The highest BCUT2D eigenvalue weighted by Crippen LogP contribution is 2.27. The summed E-state index contributed by atoms with van der Waals surface area (Å²) in [7, 11) is 0. The van der Waals surface area contributed by atoms with Gasteiger partial charge in [-0.15, -0.1) is 0 Å². The van der Waals surface area contributed by atoms with Crippen molar-refractivity contribution in [3.05, 3.63) is 69.0 Å². The van der Waals surface area contributed by atoms with E-state index in [9.17, 15) is 24.1 Å². The van der Waals surface area contributed by atoms with Crippen molar-refractivity contribution >= 4 is 34.8 Å². The molecule has 1 fully saturated rings. The number of hydrogen-bond donors (Lipinski definition) is 2. The van der Waals surface area contributed by atoms with Crippen LogP contribution < -0.4 is 10.6 Å². The predicted molar refractivity (Wildman–Crippen MR) is 119 cm³/mol. The van der Waals surface area contributed by atoms with Gasteiger partial charge < -0.3 is 10.6 Å². The topological polar surface area (TPSA) is 105 Å². The third-order valence-electron chi connectivity index (χ3n) is 5.63. The molecule has 1 aliphatic heterocycles. The van der Waals surface area contributed by atoms with E-state index in [0.717, 1.165) is 5.56 Å². The number of nitro groups is 1. The Morgan fingerprint density at radius 1 is 1.22 bits per heavy atom. The molecule has 0 saturated carbocycles. The number of halogens is 2. The van der Waals surface area contributed by atoms with Crippen LogP contribution in [0.15, 0.2) is 42.5 Å². The summed E-state index contributed by atoms with van der Waals surface area (Å²) in [4.78, 5) is 37.3. The zero-order chi connectivity index (χ0) is 23.3. The second kappa shape index (κ2) is 10.5. The molecule has 1 unspecified atom stereocenters. The maximum absolute atomic E-state index is 13.0. The van der Waals surface area contributed by atoms with Crippen molar-refractivity contribution in [2.24, 2.45) is 5.92 Å². The van der Waals surface area contributed by atoms with Crippen LogP contribution in [0.1, 0.15) is 25.3 Å². The minimum absolute atomic E-state index is 0.0521. The molecule has 0 aromatic heterocycles. The number of anilines is 1. The van der Waals surface area contributed by atoms with Crippen LogP contribution in [0.5, 0.6) is 0 Å². The van der Waals surface area contributed by atoms with Gasteiger partial charge in [-0.25, -0.2) is 4.39 Å². The molecule has 3 rings (SSSR count). The highest BCUT2D eigenvalue weighted by molar-refractivity contribution is 6.34. The standard InChI is InChI=1S/C22H24ClFN4O4/c1-14(21(29)26-20-7-6-18(28(31)32)12-19(20)23)27-10-8-16(9-11-27)22(30)25-13-15-2-4-17(24)5-3-15/h2-7,12,14,16H,8-11,13H2,1H3,(H,25,30)(H,26,29). The number of carbonyl (C=O) groups excluding carboxylic acids is 2. The van der Waals surface area contributed by atoms with E-state index in [4.69, 9.17) is 11.6 Å². The number of piperidine rings is 1. The Balaban J connectivity index is 1.47. The molecule has 1 aliphatic rings.